The number of benzene rings is 1. The van der Waals surface area contributed by atoms with Crippen LogP contribution in [0, 0.1) is 5.82 Å². The predicted molar refractivity (Wildman–Crippen MR) is 106 cm³/mol. The normalized spacial score (nSPS) is 15.5. The monoisotopic (exact) mass is 435 g/mol. The molecule has 4 rings (SSSR count). The number of fused-ring (bicyclic) bond motifs is 1. The molecule has 1 aliphatic rings. The van der Waals surface area contributed by atoms with E-state index in [0.29, 0.717) is 10.2 Å². The Labute approximate surface area is 164 Å². The molecule has 2 aromatic heterocycles. The minimum atomic E-state index is -0.313. The van der Waals surface area contributed by atoms with Gasteiger partial charge < -0.3 is 9.84 Å². The van der Waals surface area contributed by atoms with Crippen molar-refractivity contribution in [3.63, 3.8) is 0 Å². The van der Waals surface area contributed by atoms with E-state index in [1.807, 2.05) is 12.1 Å². The summed E-state index contributed by atoms with van der Waals surface area (Å²) in [7, 11) is 0. The van der Waals surface area contributed by atoms with Gasteiger partial charge in [0.05, 0.1) is 27.4 Å². The number of aliphatic hydroxyl groups excluding tert-OH is 1. The van der Waals surface area contributed by atoms with Crippen molar-refractivity contribution in [2.75, 3.05) is 0 Å². The first kappa shape index (κ1) is 17.9. The zero-order valence-electron chi connectivity index (χ0n) is 14.2. The zero-order chi connectivity index (χ0) is 18.1. The number of aromatic nitrogens is 1. The van der Waals surface area contributed by atoms with Crippen molar-refractivity contribution in [3.8, 4) is 16.9 Å². The van der Waals surface area contributed by atoms with Crippen LogP contribution in [0.2, 0.25) is 0 Å². The molecule has 1 fully saturated rings. The van der Waals surface area contributed by atoms with Crippen LogP contribution in [-0.4, -0.2) is 16.2 Å². The van der Waals surface area contributed by atoms with Gasteiger partial charge in [-0.3, -0.25) is 4.98 Å². The summed E-state index contributed by atoms with van der Waals surface area (Å²) in [5.74, 6) is 0.372. The molecule has 0 unspecified atom stereocenters. The van der Waals surface area contributed by atoms with Gasteiger partial charge in [-0.05, 0) is 65.9 Å². The Morgan fingerprint density at radius 3 is 2.77 bits per heavy atom. The molecular weight excluding hydrogens is 417 g/mol. The Morgan fingerprint density at radius 2 is 2.00 bits per heavy atom. The summed E-state index contributed by atoms with van der Waals surface area (Å²) in [5.41, 5.74) is 2.41. The van der Waals surface area contributed by atoms with E-state index in [1.54, 1.807) is 6.20 Å². The maximum atomic E-state index is 14.2. The molecule has 1 aliphatic carbocycles. The lowest BCUT2D eigenvalue weighted by Crippen LogP contribution is -2.20. The van der Waals surface area contributed by atoms with Crippen molar-refractivity contribution >= 4 is 37.5 Å². The minimum absolute atomic E-state index is 0.0290. The highest BCUT2D eigenvalue weighted by Gasteiger charge is 2.21. The van der Waals surface area contributed by atoms with Gasteiger partial charge in [-0.15, -0.1) is 11.3 Å². The van der Waals surface area contributed by atoms with Gasteiger partial charge in [-0.1, -0.05) is 6.42 Å². The number of nitrogens with zero attached hydrogens (tertiary/aromatic N) is 1. The topological polar surface area (TPSA) is 42.4 Å². The number of ether oxygens (including phenoxy) is 1. The van der Waals surface area contributed by atoms with Crippen LogP contribution in [0.3, 0.4) is 0 Å². The van der Waals surface area contributed by atoms with E-state index in [9.17, 15) is 9.50 Å². The third-order valence-corrected chi connectivity index (χ3v) is 6.49. The van der Waals surface area contributed by atoms with Gasteiger partial charge >= 0.3 is 0 Å². The number of rotatable bonds is 4. The molecule has 0 spiro atoms. The van der Waals surface area contributed by atoms with Crippen LogP contribution in [0.25, 0.3) is 21.3 Å². The molecule has 1 aromatic carbocycles. The zero-order valence-corrected chi connectivity index (χ0v) is 16.6. The fraction of sp³-hybridized carbons (Fsp3) is 0.350. The van der Waals surface area contributed by atoms with Crippen LogP contribution in [0.15, 0.2) is 34.9 Å². The number of thiophene rings is 1. The van der Waals surface area contributed by atoms with Crippen LogP contribution in [0.5, 0.6) is 5.75 Å². The Hall–Kier alpha value is -1.50. The lowest BCUT2D eigenvalue weighted by Gasteiger charge is -2.25. The minimum Gasteiger partial charge on any atom is -0.489 e. The van der Waals surface area contributed by atoms with E-state index in [-0.39, 0.29) is 18.5 Å². The smallest absolute Gasteiger partial charge is 0.141 e. The average molecular weight is 436 g/mol. The molecule has 0 bridgehead atoms. The molecule has 6 heteroatoms. The van der Waals surface area contributed by atoms with Gasteiger partial charge in [0.1, 0.15) is 11.6 Å². The van der Waals surface area contributed by atoms with Crippen molar-refractivity contribution in [3.05, 3.63) is 45.6 Å². The molecule has 0 aliphatic heterocycles. The highest BCUT2D eigenvalue weighted by atomic mass is 79.9. The summed E-state index contributed by atoms with van der Waals surface area (Å²) >= 11 is 4.97. The van der Waals surface area contributed by atoms with Crippen molar-refractivity contribution in [1.82, 2.24) is 4.98 Å². The fourth-order valence-corrected chi connectivity index (χ4v) is 5.03. The van der Waals surface area contributed by atoms with E-state index >= 15 is 0 Å². The number of pyridine rings is 1. The fourth-order valence-electron chi connectivity index (χ4n) is 3.51. The average Bonchev–Trinajstić information content (AvgIpc) is 3.08. The summed E-state index contributed by atoms with van der Waals surface area (Å²) in [6, 6.07) is 6.73. The molecule has 1 N–H and O–H groups in total. The van der Waals surface area contributed by atoms with E-state index in [1.165, 1.54) is 42.7 Å². The van der Waals surface area contributed by atoms with Crippen LogP contribution in [0.1, 0.15) is 37.0 Å². The molecule has 3 aromatic rings. The molecular formula is C20H19BrFNO2S. The summed E-state index contributed by atoms with van der Waals surface area (Å²) in [5, 5.41) is 9.45. The summed E-state index contributed by atoms with van der Waals surface area (Å²) in [6.07, 6.45) is 7.53. The molecule has 0 amide bonds. The highest BCUT2D eigenvalue weighted by molar-refractivity contribution is 9.10. The largest absolute Gasteiger partial charge is 0.489 e. The summed E-state index contributed by atoms with van der Waals surface area (Å²) < 4.78 is 22.1. The lowest BCUT2D eigenvalue weighted by molar-refractivity contribution is 0.154. The Bertz CT molecular complexity index is 937. The van der Waals surface area contributed by atoms with Crippen LogP contribution in [-0.2, 0) is 6.61 Å². The van der Waals surface area contributed by atoms with Crippen molar-refractivity contribution < 1.29 is 14.2 Å². The standard InChI is InChI=1S/C20H19BrFNO2S/c21-17-9-12(22)8-16(19(17)25-13-4-2-1-3-5-13)15-6-7-23-18-10-14(11-24)26-20(15)18/h6-10,13,24H,1-5,11H2. The molecule has 2 heterocycles. The number of hydrogen-bond donors (Lipinski definition) is 1. The predicted octanol–water partition coefficient (Wildman–Crippen LogP) is 6.07. The van der Waals surface area contributed by atoms with E-state index < -0.39 is 0 Å². The Balaban J connectivity index is 1.84. The van der Waals surface area contributed by atoms with Gasteiger partial charge in [0, 0.05) is 22.2 Å². The van der Waals surface area contributed by atoms with Gasteiger partial charge in [-0.25, -0.2) is 4.39 Å². The number of halogens is 2. The second kappa shape index (κ2) is 7.62. The van der Waals surface area contributed by atoms with Gasteiger partial charge in [-0.2, -0.15) is 0 Å². The Kier molecular flexibility index (Phi) is 5.25. The van der Waals surface area contributed by atoms with E-state index in [0.717, 1.165) is 39.1 Å². The van der Waals surface area contributed by atoms with Gasteiger partial charge in [0.25, 0.3) is 0 Å². The number of aliphatic hydroxyl groups is 1. The molecule has 0 saturated heterocycles. The second-order valence-electron chi connectivity index (χ2n) is 6.59. The molecule has 3 nitrogen and oxygen atoms in total. The Morgan fingerprint density at radius 1 is 1.19 bits per heavy atom. The van der Waals surface area contributed by atoms with Gasteiger partial charge in [0.15, 0.2) is 0 Å². The third kappa shape index (κ3) is 3.50. The molecule has 26 heavy (non-hydrogen) atoms. The van der Waals surface area contributed by atoms with Crippen LogP contribution in [0.4, 0.5) is 4.39 Å². The molecule has 0 radical (unpaired) electrons. The van der Waals surface area contributed by atoms with Crippen LogP contribution < -0.4 is 4.74 Å². The van der Waals surface area contributed by atoms with E-state index in [4.69, 9.17) is 4.74 Å². The maximum absolute atomic E-state index is 14.2. The molecule has 0 atom stereocenters. The highest BCUT2D eigenvalue weighted by Crippen LogP contribution is 2.43. The first-order chi connectivity index (χ1) is 12.7. The van der Waals surface area contributed by atoms with Crippen molar-refractivity contribution in [2.24, 2.45) is 0 Å². The van der Waals surface area contributed by atoms with E-state index in [2.05, 4.69) is 20.9 Å². The number of hydrogen-bond acceptors (Lipinski definition) is 4. The quantitative estimate of drug-likeness (QED) is 0.540. The first-order valence-corrected chi connectivity index (χ1v) is 10.4. The summed E-state index contributed by atoms with van der Waals surface area (Å²) in [6.45, 7) is -0.0290. The molecule has 1 saturated carbocycles. The molecule has 136 valence electrons. The summed E-state index contributed by atoms with van der Waals surface area (Å²) in [4.78, 5) is 5.22. The first-order valence-electron chi connectivity index (χ1n) is 8.80. The van der Waals surface area contributed by atoms with Crippen LogP contribution >= 0.6 is 27.3 Å². The van der Waals surface area contributed by atoms with Crippen molar-refractivity contribution in [1.29, 1.82) is 0 Å². The van der Waals surface area contributed by atoms with Crippen molar-refractivity contribution in [2.45, 2.75) is 44.8 Å². The second-order valence-corrected chi connectivity index (χ2v) is 8.58. The van der Waals surface area contributed by atoms with Gasteiger partial charge in [0.2, 0.25) is 0 Å². The lowest BCUT2D eigenvalue weighted by atomic mass is 9.97. The SMILES string of the molecule is OCc1cc2nccc(-c3cc(F)cc(Br)c3OC3CCCCC3)c2s1. The third-order valence-electron chi connectivity index (χ3n) is 4.75. The maximum Gasteiger partial charge on any atom is 0.141 e.